The summed E-state index contributed by atoms with van der Waals surface area (Å²) in [6, 6.07) is 0. The second-order valence-electron chi connectivity index (χ2n) is 7.49. The van der Waals surface area contributed by atoms with Crippen molar-refractivity contribution in [2.75, 3.05) is 50.6 Å². The molecule has 2 aliphatic heterocycles. The molecule has 0 unspecified atom stereocenters. The largest absolute Gasteiger partial charge is 0.460 e. The van der Waals surface area contributed by atoms with Crippen LogP contribution in [0.2, 0.25) is 0 Å². The number of hydrogen-bond donors (Lipinski definition) is 1. The molecule has 3 rings (SSSR count). The van der Waals surface area contributed by atoms with E-state index in [4.69, 9.17) is 9.47 Å². The standard InChI is InChI=1S/C16H25N6O6PS3/c1-21-15(17-19-20-21)31-9-10-8-30-14-16(27-2,18-29(3)4)13(24)22(14)11(10)12(23)28-6-7-32(5,25)26/h14,18H,6-9H2,1-5H3/p+1/t14-,16-/m0/s1. The van der Waals surface area contributed by atoms with Crippen molar-refractivity contribution in [2.45, 2.75) is 16.3 Å². The van der Waals surface area contributed by atoms with Gasteiger partial charge < -0.3 is 9.47 Å². The van der Waals surface area contributed by atoms with E-state index in [1.165, 1.54) is 40.2 Å². The molecule has 0 spiro atoms. The summed E-state index contributed by atoms with van der Waals surface area (Å²) in [5.41, 5.74) is -0.391. The van der Waals surface area contributed by atoms with Gasteiger partial charge in [0, 0.05) is 31.9 Å². The van der Waals surface area contributed by atoms with Gasteiger partial charge in [0.25, 0.3) is 11.6 Å². The molecule has 1 N–H and O–H groups in total. The number of tetrazole rings is 1. The predicted molar refractivity (Wildman–Crippen MR) is 123 cm³/mol. The van der Waals surface area contributed by atoms with Gasteiger partial charge in [-0.2, -0.15) is 5.09 Å². The van der Waals surface area contributed by atoms with Crippen LogP contribution in [-0.4, -0.2) is 107 Å². The van der Waals surface area contributed by atoms with Crippen LogP contribution < -0.4 is 5.09 Å². The molecule has 3 heterocycles. The molecule has 0 saturated carbocycles. The van der Waals surface area contributed by atoms with Crippen LogP contribution in [0.1, 0.15) is 0 Å². The number of carbonyl (C=O) groups is 2. The summed E-state index contributed by atoms with van der Waals surface area (Å²) in [4.78, 5) is 27.6. The van der Waals surface area contributed by atoms with E-state index in [0.29, 0.717) is 22.2 Å². The van der Waals surface area contributed by atoms with Gasteiger partial charge in [-0.15, -0.1) is 16.9 Å². The number of ether oxygens (including phenoxy) is 2. The number of hydrogen-bond acceptors (Lipinski definition) is 12. The van der Waals surface area contributed by atoms with Crippen molar-refractivity contribution in [3.05, 3.63) is 11.3 Å². The summed E-state index contributed by atoms with van der Waals surface area (Å²) in [7, 11) is -1.16. The van der Waals surface area contributed by atoms with Gasteiger partial charge in [-0.1, -0.05) is 11.8 Å². The van der Waals surface area contributed by atoms with E-state index in [-0.39, 0.29) is 24.0 Å². The third-order valence-corrected chi connectivity index (χ3v) is 8.96. The van der Waals surface area contributed by atoms with E-state index in [1.54, 1.807) is 7.05 Å². The van der Waals surface area contributed by atoms with Crippen molar-refractivity contribution in [2.24, 2.45) is 7.05 Å². The van der Waals surface area contributed by atoms with Gasteiger partial charge >= 0.3 is 5.97 Å². The second-order valence-corrected chi connectivity index (χ2v) is 14.0. The second kappa shape index (κ2) is 9.94. The fourth-order valence-electron chi connectivity index (χ4n) is 3.26. The smallest absolute Gasteiger partial charge is 0.355 e. The Bertz CT molecular complexity index is 1030. The summed E-state index contributed by atoms with van der Waals surface area (Å²) in [6.45, 7) is 3.71. The van der Waals surface area contributed by atoms with Gasteiger partial charge in [0.05, 0.1) is 27.2 Å². The summed E-state index contributed by atoms with van der Waals surface area (Å²) >= 11 is 2.82. The minimum absolute atomic E-state index is 0.130. The minimum atomic E-state index is -3.30. The number of thioether (sulfide) groups is 2. The monoisotopic (exact) mass is 525 g/mol. The number of sulfone groups is 1. The normalized spacial score (nSPS) is 23.4. The molecular weight excluding hydrogens is 499 g/mol. The molecule has 178 valence electrons. The van der Waals surface area contributed by atoms with E-state index in [2.05, 4.69) is 20.6 Å². The van der Waals surface area contributed by atoms with Crippen molar-refractivity contribution in [3.63, 3.8) is 0 Å². The Hall–Kier alpha value is -1.25. The summed E-state index contributed by atoms with van der Waals surface area (Å²) < 4.78 is 35.2. The van der Waals surface area contributed by atoms with Gasteiger partial charge in [-0.25, -0.2) is 17.9 Å². The topological polar surface area (TPSA) is 146 Å². The molecule has 1 saturated heterocycles. The number of nitrogens with zero attached hydrogens (tertiary/aromatic N) is 5. The van der Waals surface area contributed by atoms with Crippen LogP contribution in [0.15, 0.2) is 16.4 Å². The highest BCUT2D eigenvalue weighted by molar-refractivity contribution is 8.01. The van der Waals surface area contributed by atoms with Crippen molar-refractivity contribution in [3.8, 4) is 0 Å². The Kier molecular flexibility index (Phi) is 7.88. The first kappa shape index (κ1) is 25.4. The molecule has 0 aromatic carbocycles. The molecule has 1 aromatic heterocycles. The van der Waals surface area contributed by atoms with Crippen LogP contribution in [-0.2, 0) is 35.9 Å². The van der Waals surface area contributed by atoms with E-state index in [1.807, 2.05) is 13.3 Å². The lowest BCUT2D eigenvalue weighted by Crippen LogP contribution is -2.79. The van der Waals surface area contributed by atoms with E-state index < -0.39 is 35.0 Å². The highest BCUT2D eigenvalue weighted by Crippen LogP contribution is 2.49. The highest BCUT2D eigenvalue weighted by atomic mass is 32.2. The summed E-state index contributed by atoms with van der Waals surface area (Å²) in [5.74, 6) is -0.582. The maximum Gasteiger partial charge on any atom is 0.355 e. The van der Waals surface area contributed by atoms with Crippen molar-refractivity contribution >= 4 is 53.3 Å². The number of fused-ring (bicyclic) bond motifs is 1. The zero-order chi connectivity index (χ0) is 23.7. The number of amides is 1. The summed E-state index contributed by atoms with van der Waals surface area (Å²) in [5, 5.41) is 14.7. The first-order chi connectivity index (χ1) is 15.0. The van der Waals surface area contributed by atoms with Crippen LogP contribution in [0.4, 0.5) is 0 Å². The lowest BCUT2D eigenvalue weighted by atomic mass is 10.00. The number of β-lactam (4-membered cyclic amide) rings is 1. The maximum absolute atomic E-state index is 13.2. The number of methoxy groups -OCH3 is 1. The zero-order valence-corrected chi connectivity index (χ0v) is 21.8. The first-order valence-corrected chi connectivity index (χ1v) is 16.1. The van der Waals surface area contributed by atoms with Crippen LogP contribution >= 0.6 is 31.6 Å². The van der Waals surface area contributed by atoms with Gasteiger partial charge in [-0.3, -0.25) is 9.69 Å². The maximum atomic E-state index is 13.2. The molecule has 0 aliphatic carbocycles. The molecule has 1 aromatic rings. The molecule has 0 radical (unpaired) electrons. The third kappa shape index (κ3) is 5.12. The molecular formula is C16H26N6O6PS3+. The summed E-state index contributed by atoms with van der Waals surface area (Å²) in [6.07, 6.45) is 1.07. The first-order valence-electron chi connectivity index (χ1n) is 9.51. The molecule has 0 bridgehead atoms. The molecule has 12 nitrogen and oxygen atoms in total. The Morgan fingerprint density at radius 3 is 2.72 bits per heavy atom. The van der Waals surface area contributed by atoms with Crippen molar-refractivity contribution in [1.29, 1.82) is 0 Å². The van der Waals surface area contributed by atoms with Crippen molar-refractivity contribution < 1.29 is 27.5 Å². The molecule has 1 fully saturated rings. The highest BCUT2D eigenvalue weighted by Gasteiger charge is 2.67. The fraction of sp³-hybridized carbons (Fsp3) is 0.688. The van der Waals surface area contributed by atoms with Gasteiger partial charge in [-0.05, 0) is 16.0 Å². The van der Waals surface area contributed by atoms with E-state index >= 15 is 0 Å². The average Bonchev–Trinajstić information content (AvgIpc) is 3.12. The predicted octanol–water partition coefficient (Wildman–Crippen LogP) is -0.620. The number of carbonyl (C=O) groups excluding carboxylic acids is 2. The minimum Gasteiger partial charge on any atom is -0.460 e. The Morgan fingerprint density at radius 2 is 2.16 bits per heavy atom. The zero-order valence-electron chi connectivity index (χ0n) is 18.3. The number of esters is 1. The third-order valence-electron chi connectivity index (χ3n) is 4.71. The fourth-order valence-corrected chi connectivity index (χ4v) is 7.27. The number of nitrogens with one attached hydrogen (secondary N) is 1. The van der Waals surface area contributed by atoms with Gasteiger partial charge in [0.15, 0.2) is 9.84 Å². The SMILES string of the molecule is CO[C@@]1(N[PH+](C)C)C(=O)N2C(C(=O)OCCS(C)(=O)=O)=C(CSc3nnnn3C)CS[C@H]21. The molecule has 16 heteroatoms. The van der Waals surface area contributed by atoms with E-state index in [0.717, 1.165) is 6.26 Å². The quantitative estimate of drug-likeness (QED) is 0.137. The Labute approximate surface area is 195 Å². The van der Waals surface area contributed by atoms with E-state index in [9.17, 15) is 18.0 Å². The van der Waals surface area contributed by atoms with Crippen molar-refractivity contribution in [1.82, 2.24) is 30.2 Å². The molecule has 32 heavy (non-hydrogen) atoms. The van der Waals surface area contributed by atoms with Gasteiger partial charge in [0.2, 0.25) is 5.16 Å². The van der Waals surface area contributed by atoms with Crippen LogP contribution in [0.3, 0.4) is 0 Å². The van der Waals surface area contributed by atoms with Crippen LogP contribution in [0, 0.1) is 0 Å². The van der Waals surface area contributed by atoms with Crippen LogP contribution in [0.5, 0.6) is 0 Å². The number of rotatable bonds is 10. The number of aromatic nitrogens is 4. The van der Waals surface area contributed by atoms with Crippen LogP contribution in [0.25, 0.3) is 0 Å². The molecule has 2 aliphatic rings. The Balaban J connectivity index is 1.87. The lowest BCUT2D eigenvalue weighted by Gasteiger charge is -2.55. The average molecular weight is 526 g/mol. The molecule has 2 atom stereocenters. The molecule has 1 amide bonds. The Morgan fingerprint density at radius 1 is 1.44 bits per heavy atom. The van der Waals surface area contributed by atoms with Gasteiger partial charge in [0.1, 0.15) is 17.7 Å². The number of aryl methyl sites for hydroxylation is 1. The lowest BCUT2D eigenvalue weighted by molar-refractivity contribution is -0.186.